The van der Waals surface area contributed by atoms with Crippen molar-refractivity contribution in [2.24, 2.45) is 0 Å². The molecule has 0 saturated carbocycles. The van der Waals surface area contributed by atoms with Crippen LogP contribution in [-0.4, -0.2) is 51.9 Å². The molecule has 0 amide bonds. The fourth-order valence-corrected chi connectivity index (χ4v) is 1.67. The maximum atomic E-state index is 5.14. The lowest BCUT2D eigenvalue weighted by Gasteiger charge is -2.26. The molecule has 0 aromatic carbocycles. The van der Waals surface area contributed by atoms with Gasteiger partial charge in [-0.3, -0.25) is 0 Å². The molecule has 96 valence electrons. The van der Waals surface area contributed by atoms with Gasteiger partial charge >= 0.3 is 0 Å². The Morgan fingerprint density at radius 1 is 1.56 bits per heavy atom. The minimum atomic E-state index is 0.377. The third-order valence-electron chi connectivity index (χ3n) is 2.86. The van der Waals surface area contributed by atoms with Gasteiger partial charge in [-0.1, -0.05) is 10.4 Å². The van der Waals surface area contributed by atoms with Crippen molar-refractivity contribution in [1.82, 2.24) is 30.5 Å². The second-order valence-corrected chi connectivity index (χ2v) is 4.15. The lowest BCUT2D eigenvalue weighted by Crippen LogP contribution is -2.43. The van der Waals surface area contributed by atoms with Gasteiger partial charge in [0.1, 0.15) is 0 Å². The van der Waals surface area contributed by atoms with Gasteiger partial charge in [0.2, 0.25) is 0 Å². The Hall–Kier alpha value is -1.80. The van der Waals surface area contributed by atoms with Crippen molar-refractivity contribution in [2.75, 3.05) is 26.8 Å². The van der Waals surface area contributed by atoms with E-state index < -0.39 is 0 Å². The van der Waals surface area contributed by atoms with Crippen LogP contribution >= 0.6 is 0 Å². The topological polar surface area (TPSA) is 90.9 Å². The van der Waals surface area contributed by atoms with E-state index in [0.717, 1.165) is 13.1 Å². The molecule has 0 atom stereocenters. The summed E-state index contributed by atoms with van der Waals surface area (Å²) in [6.45, 7) is 2.41. The number of hydrogen-bond donors (Lipinski definition) is 1. The van der Waals surface area contributed by atoms with Gasteiger partial charge in [-0.15, -0.1) is 5.10 Å². The van der Waals surface area contributed by atoms with Gasteiger partial charge in [0.15, 0.2) is 11.5 Å². The summed E-state index contributed by atoms with van der Waals surface area (Å²) in [6, 6.07) is 0.377. The molecular weight excluding hydrogens is 236 g/mol. The molecule has 3 heterocycles. The van der Waals surface area contributed by atoms with E-state index in [9.17, 15) is 0 Å². The van der Waals surface area contributed by atoms with Crippen molar-refractivity contribution in [3.8, 4) is 11.6 Å². The Morgan fingerprint density at radius 3 is 3.17 bits per heavy atom. The summed E-state index contributed by atoms with van der Waals surface area (Å²) >= 11 is 0. The maximum Gasteiger partial charge on any atom is 0.280 e. The Morgan fingerprint density at radius 2 is 2.44 bits per heavy atom. The molecule has 0 spiro atoms. The zero-order chi connectivity index (χ0) is 12.4. The van der Waals surface area contributed by atoms with E-state index in [1.807, 2.05) is 10.9 Å². The van der Waals surface area contributed by atoms with Crippen molar-refractivity contribution in [3.63, 3.8) is 0 Å². The monoisotopic (exact) mass is 250 g/mol. The molecule has 18 heavy (non-hydrogen) atoms. The number of nitrogens with one attached hydrogen (secondary N) is 1. The molecule has 3 rings (SSSR count). The number of hydrogen-bond acceptors (Lipinski definition) is 7. The number of aromatic nitrogens is 5. The van der Waals surface area contributed by atoms with Gasteiger partial charge < -0.3 is 14.6 Å². The summed E-state index contributed by atoms with van der Waals surface area (Å²) in [4.78, 5) is 4.25. The lowest BCUT2D eigenvalue weighted by atomic mass is 10.2. The highest BCUT2D eigenvalue weighted by Gasteiger charge is 2.21. The van der Waals surface area contributed by atoms with E-state index in [0.29, 0.717) is 36.5 Å². The predicted molar refractivity (Wildman–Crippen MR) is 60.8 cm³/mol. The summed E-state index contributed by atoms with van der Waals surface area (Å²) in [5.74, 6) is 1.02. The molecule has 1 saturated heterocycles. The third-order valence-corrected chi connectivity index (χ3v) is 2.86. The Bertz CT molecular complexity index is 518. The van der Waals surface area contributed by atoms with E-state index in [2.05, 4.69) is 25.8 Å². The van der Waals surface area contributed by atoms with Crippen LogP contribution < -0.4 is 5.32 Å². The summed E-state index contributed by atoms with van der Waals surface area (Å²) in [5, 5.41) is 15.1. The molecule has 1 aliphatic heterocycles. The molecule has 2 aromatic heterocycles. The molecule has 0 radical (unpaired) electrons. The van der Waals surface area contributed by atoms with Gasteiger partial charge in [0.25, 0.3) is 5.89 Å². The van der Waals surface area contributed by atoms with E-state index >= 15 is 0 Å². The molecule has 1 fully saturated rings. The lowest BCUT2D eigenvalue weighted by molar-refractivity contribution is 0.199. The molecule has 2 aromatic rings. The smallest absolute Gasteiger partial charge is 0.280 e. The molecular formula is C10H14N6O2. The van der Waals surface area contributed by atoms with Crippen molar-refractivity contribution < 1.29 is 9.26 Å². The van der Waals surface area contributed by atoms with Crippen molar-refractivity contribution in [1.29, 1.82) is 0 Å². The first-order chi connectivity index (χ1) is 8.86. The quantitative estimate of drug-likeness (QED) is 0.776. The van der Waals surface area contributed by atoms with Crippen LogP contribution in [0, 0.1) is 0 Å². The Kier molecular flexibility index (Phi) is 3.03. The summed E-state index contributed by atoms with van der Waals surface area (Å²) in [6.07, 6.45) is 2.46. The first-order valence-corrected chi connectivity index (χ1v) is 5.81. The summed E-state index contributed by atoms with van der Waals surface area (Å²) in [5.41, 5.74) is 0.609. The molecule has 8 nitrogen and oxygen atoms in total. The fourth-order valence-electron chi connectivity index (χ4n) is 1.67. The highest BCUT2D eigenvalue weighted by Crippen LogP contribution is 2.17. The minimum absolute atomic E-state index is 0.377. The summed E-state index contributed by atoms with van der Waals surface area (Å²) in [7, 11) is 1.64. The van der Waals surface area contributed by atoms with Gasteiger partial charge in [-0.2, -0.15) is 4.98 Å². The minimum Gasteiger partial charge on any atom is -0.384 e. The highest BCUT2D eigenvalue weighted by atomic mass is 16.5. The average molecular weight is 250 g/mol. The standard InChI is InChI=1S/C10H14N6O2/c1-17-3-2-9-12-10(18-14-9)8-6-16(15-13-8)7-4-11-5-7/h6-7,11H,2-5H2,1H3. The first kappa shape index (κ1) is 11.3. The van der Waals surface area contributed by atoms with Crippen molar-refractivity contribution in [2.45, 2.75) is 12.5 Å². The molecule has 1 aliphatic rings. The average Bonchev–Trinajstić information content (AvgIpc) is 2.92. The predicted octanol–water partition coefficient (Wildman–Crippen LogP) is -0.339. The summed E-state index contributed by atoms with van der Waals surface area (Å²) < 4.78 is 11.9. The first-order valence-electron chi connectivity index (χ1n) is 5.81. The molecule has 0 aliphatic carbocycles. The van der Waals surface area contributed by atoms with Gasteiger partial charge in [-0.05, 0) is 0 Å². The van der Waals surface area contributed by atoms with E-state index in [1.165, 1.54) is 0 Å². The van der Waals surface area contributed by atoms with Crippen LogP contribution in [0.15, 0.2) is 10.7 Å². The Balaban J connectivity index is 1.73. The van der Waals surface area contributed by atoms with Gasteiger partial charge in [0, 0.05) is 26.6 Å². The van der Waals surface area contributed by atoms with Crippen LogP contribution in [0.3, 0.4) is 0 Å². The van der Waals surface area contributed by atoms with Crippen LogP contribution in [0.1, 0.15) is 11.9 Å². The highest BCUT2D eigenvalue weighted by molar-refractivity contribution is 5.43. The van der Waals surface area contributed by atoms with Crippen molar-refractivity contribution in [3.05, 3.63) is 12.0 Å². The largest absolute Gasteiger partial charge is 0.384 e. The maximum absolute atomic E-state index is 5.14. The van der Waals surface area contributed by atoms with E-state index in [1.54, 1.807) is 7.11 Å². The molecule has 0 bridgehead atoms. The van der Waals surface area contributed by atoms with Gasteiger partial charge in [0.05, 0.1) is 18.8 Å². The number of ether oxygens (including phenoxy) is 1. The molecule has 1 N–H and O–H groups in total. The molecule has 8 heteroatoms. The number of rotatable bonds is 5. The SMILES string of the molecule is COCCc1noc(-c2cn(C3CNC3)nn2)n1. The third kappa shape index (κ3) is 2.12. The zero-order valence-electron chi connectivity index (χ0n) is 10.0. The van der Waals surface area contributed by atoms with Crippen LogP contribution in [0.4, 0.5) is 0 Å². The van der Waals surface area contributed by atoms with Gasteiger partial charge in [-0.25, -0.2) is 4.68 Å². The second-order valence-electron chi connectivity index (χ2n) is 4.15. The van der Waals surface area contributed by atoms with Crippen LogP contribution in [0.25, 0.3) is 11.6 Å². The molecule has 0 unspecified atom stereocenters. The Labute approximate surface area is 103 Å². The zero-order valence-corrected chi connectivity index (χ0v) is 10.0. The number of nitrogens with zero attached hydrogens (tertiary/aromatic N) is 5. The number of methoxy groups -OCH3 is 1. The second kappa shape index (κ2) is 4.83. The van der Waals surface area contributed by atoms with Crippen molar-refractivity contribution >= 4 is 0 Å². The normalized spacial score (nSPS) is 15.8. The van der Waals surface area contributed by atoms with E-state index in [4.69, 9.17) is 9.26 Å². The fraction of sp³-hybridized carbons (Fsp3) is 0.600. The van der Waals surface area contributed by atoms with Crippen LogP contribution in [-0.2, 0) is 11.2 Å². The van der Waals surface area contributed by atoms with Crippen LogP contribution in [0.2, 0.25) is 0 Å². The van der Waals surface area contributed by atoms with Crippen LogP contribution in [0.5, 0.6) is 0 Å². The van der Waals surface area contributed by atoms with E-state index in [-0.39, 0.29) is 0 Å².